The molecule has 1 amide bonds. The van der Waals surface area contributed by atoms with Crippen LogP contribution in [0.25, 0.3) is 10.9 Å². The lowest BCUT2D eigenvalue weighted by Gasteiger charge is -2.19. The third kappa shape index (κ3) is 3.92. The predicted molar refractivity (Wildman–Crippen MR) is 98.5 cm³/mol. The van der Waals surface area contributed by atoms with Gasteiger partial charge in [-0.2, -0.15) is 0 Å². The molecule has 1 unspecified atom stereocenters. The summed E-state index contributed by atoms with van der Waals surface area (Å²) >= 11 is 5.82. The van der Waals surface area contributed by atoms with Crippen molar-refractivity contribution in [3.05, 3.63) is 81.1 Å². The molecule has 0 spiro atoms. The van der Waals surface area contributed by atoms with Crippen molar-refractivity contribution in [2.75, 3.05) is 0 Å². The van der Waals surface area contributed by atoms with Crippen molar-refractivity contribution in [1.82, 2.24) is 10.3 Å². The number of carboxylic acid groups (broad SMARTS) is 1. The number of pyridine rings is 1. The third-order valence-corrected chi connectivity index (χ3v) is 4.20. The molecule has 0 radical (unpaired) electrons. The summed E-state index contributed by atoms with van der Waals surface area (Å²) in [6.07, 6.45) is -0.354. The molecule has 1 atom stereocenters. The summed E-state index contributed by atoms with van der Waals surface area (Å²) in [4.78, 5) is 38.5. The summed E-state index contributed by atoms with van der Waals surface area (Å²) in [5.41, 5.74) is 1.01. The first-order valence-electron chi connectivity index (χ1n) is 7.84. The molecule has 3 aromatic rings. The van der Waals surface area contributed by atoms with Crippen LogP contribution in [-0.4, -0.2) is 22.0 Å². The van der Waals surface area contributed by atoms with Crippen LogP contribution in [-0.2, 0) is 4.79 Å². The zero-order valence-corrected chi connectivity index (χ0v) is 14.3. The van der Waals surface area contributed by atoms with Gasteiger partial charge in [0.05, 0.1) is 12.5 Å². The minimum atomic E-state index is -1.09. The predicted octanol–water partition coefficient (Wildman–Crippen LogP) is 3.13. The largest absolute Gasteiger partial charge is 0.481 e. The Balaban J connectivity index is 2.01. The fourth-order valence-corrected chi connectivity index (χ4v) is 2.90. The van der Waals surface area contributed by atoms with Gasteiger partial charge in [0.15, 0.2) is 0 Å². The number of carboxylic acids is 1. The monoisotopic (exact) mass is 370 g/mol. The number of aliphatic carboxylic acids is 1. The standard InChI is InChI=1S/C19H15ClN2O4/c20-12-7-5-11(6-8-12)19(26)22-16(10-18(24)25)14-9-17(23)21-15-4-2-1-3-13(14)15/h1-9,16H,10H2,(H,21,23)(H,22,26)(H,24,25). The number of hydrogen-bond donors (Lipinski definition) is 3. The first kappa shape index (κ1) is 17.7. The number of para-hydroxylation sites is 1. The third-order valence-electron chi connectivity index (χ3n) is 3.95. The molecule has 6 nitrogen and oxygen atoms in total. The molecular formula is C19H15ClN2O4. The number of fused-ring (bicyclic) bond motifs is 1. The molecule has 0 aliphatic heterocycles. The highest BCUT2D eigenvalue weighted by Gasteiger charge is 2.21. The number of nitrogens with one attached hydrogen (secondary N) is 2. The van der Waals surface area contributed by atoms with Crippen molar-refractivity contribution >= 4 is 34.4 Å². The summed E-state index contributed by atoms with van der Waals surface area (Å²) < 4.78 is 0. The van der Waals surface area contributed by atoms with E-state index in [4.69, 9.17) is 11.6 Å². The van der Waals surface area contributed by atoms with Crippen molar-refractivity contribution in [3.63, 3.8) is 0 Å². The molecule has 0 bridgehead atoms. The molecule has 1 heterocycles. The Bertz CT molecular complexity index is 1030. The minimum Gasteiger partial charge on any atom is -0.481 e. The number of carbonyl (C=O) groups is 2. The highest BCUT2D eigenvalue weighted by Crippen LogP contribution is 2.24. The fourth-order valence-electron chi connectivity index (χ4n) is 2.78. The van der Waals surface area contributed by atoms with E-state index in [2.05, 4.69) is 10.3 Å². The van der Waals surface area contributed by atoms with E-state index < -0.39 is 17.9 Å². The second kappa shape index (κ2) is 7.41. The zero-order chi connectivity index (χ0) is 18.7. The molecule has 1 aromatic heterocycles. The van der Waals surface area contributed by atoms with E-state index in [-0.39, 0.29) is 12.0 Å². The van der Waals surface area contributed by atoms with Crippen LogP contribution in [0.3, 0.4) is 0 Å². The average molecular weight is 371 g/mol. The first-order valence-corrected chi connectivity index (χ1v) is 8.22. The Morgan fingerprint density at radius 2 is 1.81 bits per heavy atom. The van der Waals surface area contributed by atoms with Gasteiger partial charge in [0.25, 0.3) is 5.91 Å². The average Bonchev–Trinajstić information content (AvgIpc) is 2.60. The number of hydrogen-bond acceptors (Lipinski definition) is 3. The summed E-state index contributed by atoms with van der Waals surface area (Å²) in [5.74, 6) is -1.53. The number of benzene rings is 2. The van der Waals surface area contributed by atoms with Gasteiger partial charge in [-0.15, -0.1) is 0 Å². The van der Waals surface area contributed by atoms with E-state index in [1.54, 1.807) is 48.5 Å². The van der Waals surface area contributed by atoms with E-state index in [1.807, 2.05) is 0 Å². The van der Waals surface area contributed by atoms with Crippen LogP contribution in [0.2, 0.25) is 5.02 Å². The van der Waals surface area contributed by atoms with Crippen molar-refractivity contribution in [1.29, 1.82) is 0 Å². The molecular weight excluding hydrogens is 356 g/mol. The van der Waals surface area contributed by atoms with Crippen molar-refractivity contribution in [2.45, 2.75) is 12.5 Å². The molecule has 0 saturated heterocycles. The van der Waals surface area contributed by atoms with Gasteiger partial charge in [-0.3, -0.25) is 14.4 Å². The van der Waals surface area contributed by atoms with Crippen molar-refractivity contribution < 1.29 is 14.7 Å². The van der Waals surface area contributed by atoms with Crippen LogP contribution in [0.4, 0.5) is 0 Å². The molecule has 0 aliphatic carbocycles. The second-order valence-electron chi connectivity index (χ2n) is 5.77. The Morgan fingerprint density at radius 1 is 1.12 bits per heavy atom. The molecule has 0 aliphatic rings. The number of amides is 1. The van der Waals surface area contributed by atoms with Gasteiger partial charge in [0.1, 0.15) is 0 Å². The lowest BCUT2D eigenvalue weighted by molar-refractivity contribution is -0.137. The minimum absolute atomic E-state index is 0.346. The molecule has 132 valence electrons. The highest BCUT2D eigenvalue weighted by atomic mass is 35.5. The number of rotatable bonds is 5. The summed E-state index contributed by atoms with van der Waals surface area (Å²) in [7, 11) is 0. The Hall–Kier alpha value is -3.12. The van der Waals surface area contributed by atoms with Crippen LogP contribution >= 0.6 is 11.6 Å². The molecule has 0 fully saturated rings. The molecule has 7 heteroatoms. The normalized spacial score (nSPS) is 11.9. The summed E-state index contributed by atoms with van der Waals surface area (Å²) in [5, 5.41) is 13.1. The van der Waals surface area contributed by atoms with E-state index >= 15 is 0 Å². The highest BCUT2D eigenvalue weighted by molar-refractivity contribution is 6.30. The first-order chi connectivity index (χ1) is 12.4. The maximum Gasteiger partial charge on any atom is 0.305 e. The quantitative estimate of drug-likeness (QED) is 0.642. The van der Waals surface area contributed by atoms with Crippen LogP contribution < -0.4 is 10.9 Å². The second-order valence-corrected chi connectivity index (χ2v) is 6.20. The van der Waals surface area contributed by atoms with E-state index in [9.17, 15) is 19.5 Å². The van der Waals surface area contributed by atoms with Gasteiger partial charge >= 0.3 is 5.97 Å². The number of aromatic amines is 1. The van der Waals surface area contributed by atoms with Crippen LogP contribution in [0.1, 0.15) is 28.4 Å². The molecule has 3 N–H and O–H groups in total. The molecule has 0 saturated carbocycles. The van der Waals surface area contributed by atoms with Crippen molar-refractivity contribution in [2.24, 2.45) is 0 Å². The Kier molecular flexibility index (Phi) is 5.04. The lowest BCUT2D eigenvalue weighted by Crippen LogP contribution is -2.31. The van der Waals surface area contributed by atoms with Gasteiger partial charge < -0.3 is 15.4 Å². The Morgan fingerprint density at radius 3 is 2.50 bits per heavy atom. The summed E-state index contributed by atoms with van der Waals surface area (Å²) in [6, 6.07) is 13.7. The van der Waals surface area contributed by atoms with Gasteiger partial charge in [-0.25, -0.2) is 0 Å². The van der Waals surface area contributed by atoms with Gasteiger partial charge in [-0.05, 0) is 35.9 Å². The maximum absolute atomic E-state index is 12.5. The van der Waals surface area contributed by atoms with Crippen LogP contribution in [0.15, 0.2) is 59.4 Å². The number of aromatic nitrogens is 1. The lowest BCUT2D eigenvalue weighted by atomic mass is 9.99. The van der Waals surface area contributed by atoms with Crippen molar-refractivity contribution in [3.8, 4) is 0 Å². The SMILES string of the molecule is O=C(O)CC(NC(=O)c1ccc(Cl)cc1)c1cc(=O)[nH]c2ccccc12. The molecule has 3 rings (SSSR count). The van der Waals surface area contributed by atoms with Crippen LogP contribution in [0.5, 0.6) is 0 Å². The topological polar surface area (TPSA) is 99.3 Å². The Labute approximate surface area is 153 Å². The summed E-state index contributed by atoms with van der Waals surface area (Å²) in [6.45, 7) is 0. The van der Waals surface area contributed by atoms with Gasteiger partial charge in [-0.1, -0.05) is 29.8 Å². The van der Waals surface area contributed by atoms with Crippen LogP contribution in [0, 0.1) is 0 Å². The zero-order valence-electron chi connectivity index (χ0n) is 13.5. The number of H-pyrrole nitrogens is 1. The maximum atomic E-state index is 12.5. The smallest absolute Gasteiger partial charge is 0.305 e. The number of halogens is 1. The molecule has 2 aromatic carbocycles. The van der Waals surface area contributed by atoms with Gasteiger partial charge in [0.2, 0.25) is 5.56 Å². The van der Waals surface area contributed by atoms with E-state index in [0.717, 1.165) is 0 Å². The molecule has 26 heavy (non-hydrogen) atoms. The van der Waals surface area contributed by atoms with Gasteiger partial charge in [0, 0.05) is 27.6 Å². The van der Waals surface area contributed by atoms with E-state index in [0.29, 0.717) is 27.1 Å². The van der Waals surface area contributed by atoms with E-state index in [1.165, 1.54) is 6.07 Å². The number of carbonyl (C=O) groups excluding carboxylic acids is 1. The fraction of sp³-hybridized carbons (Fsp3) is 0.105.